The van der Waals surface area contributed by atoms with Gasteiger partial charge in [0, 0.05) is 5.92 Å². The highest BCUT2D eigenvalue weighted by molar-refractivity contribution is 5.76. The van der Waals surface area contributed by atoms with Gasteiger partial charge in [0.05, 0.1) is 6.61 Å². The van der Waals surface area contributed by atoms with Crippen LogP contribution in [0.2, 0.25) is 0 Å². The van der Waals surface area contributed by atoms with Crippen LogP contribution >= 0.6 is 0 Å². The fourth-order valence-electron chi connectivity index (χ4n) is 1.81. The number of primary amides is 2. The van der Waals surface area contributed by atoms with Crippen LogP contribution in [0.1, 0.15) is 25.7 Å². The molecule has 1 aliphatic carbocycles. The van der Waals surface area contributed by atoms with Crippen molar-refractivity contribution >= 4 is 12.0 Å². The van der Waals surface area contributed by atoms with Gasteiger partial charge in [-0.2, -0.15) is 0 Å². The maximum absolute atomic E-state index is 10.8. The minimum atomic E-state index is -0.734. The molecule has 2 amide bonds. The molecule has 1 rings (SSSR count). The number of amides is 2. The van der Waals surface area contributed by atoms with E-state index in [1.54, 1.807) is 0 Å². The maximum Gasteiger partial charge on any atom is 0.404 e. The Hall–Kier alpha value is -1.26. The average Bonchev–Trinajstić information content (AvgIpc) is 2.15. The van der Waals surface area contributed by atoms with Crippen LogP contribution < -0.4 is 11.5 Å². The summed E-state index contributed by atoms with van der Waals surface area (Å²) in [6.45, 7) is 0.362. The van der Waals surface area contributed by atoms with Crippen LogP contribution in [0.4, 0.5) is 4.79 Å². The fraction of sp³-hybridized carbons (Fsp3) is 0.778. The highest BCUT2D eigenvalue weighted by Crippen LogP contribution is 2.28. The van der Waals surface area contributed by atoms with Crippen LogP contribution in [0.5, 0.6) is 0 Å². The number of ether oxygens (including phenoxy) is 1. The van der Waals surface area contributed by atoms with Crippen molar-refractivity contribution in [2.24, 2.45) is 23.3 Å². The molecule has 0 aromatic rings. The molecule has 1 saturated carbocycles. The van der Waals surface area contributed by atoms with Gasteiger partial charge in [-0.25, -0.2) is 4.79 Å². The topological polar surface area (TPSA) is 95.4 Å². The first-order chi connectivity index (χ1) is 6.59. The number of carbonyl (C=O) groups excluding carboxylic acids is 2. The number of rotatable bonds is 3. The van der Waals surface area contributed by atoms with Gasteiger partial charge in [-0.3, -0.25) is 4.79 Å². The lowest BCUT2D eigenvalue weighted by atomic mass is 9.82. The van der Waals surface area contributed by atoms with Crippen molar-refractivity contribution < 1.29 is 14.3 Å². The molecule has 0 atom stereocenters. The predicted octanol–water partition coefficient (Wildman–Crippen LogP) is 0.373. The monoisotopic (exact) mass is 200 g/mol. The molecule has 1 fully saturated rings. The Bertz CT molecular complexity index is 222. The maximum atomic E-state index is 10.8. The van der Waals surface area contributed by atoms with E-state index in [9.17, 15) is 9.59 Å². The minimum absolute atomic E-state index is 0.000159. The lowest BCUT2D eigenvalue weighted by Crippen LogP contribution is -2.29. The smallest absolute Gasteiger partial charge is 0.404 e. The predicted molar refractivity (Wildman–Crippen MR) is 50.2 cm³/mol. The normalized spacial score (nSPS) is 26.9. The molecule has 0 radical (unpaired) electrons. The quantitative estimate of drug-likeness (QED) is 0.689. The Morgan fingerprint density at radius 3 is 2.14 bits per heavy atom. The second-order valence-corrected chi connectivity index (χ2v) is 3.75. The van der Waals surface area contributed by atoms with E-state index in [2.05, 4.69) is 0 Å². The van der Waals surface area contributed by atoms with E-state index < -0.39 is 6.09 Å². The van der Waals surface area contributed by atoms with Gasteiger partial charge in [0.25, 0.3) is 0 Å². The molecule has 0 aromatic heterocycles. The average molecular weight is 200 g/mol. The SMILES string of the molecule is NC(=O)OCC1CCC(C(N)=O)CC1. The first kappa shape index (κ1) is 10.8. The van der Waals surface area contributed by atoms with Gasteiger partial charge in [0.2, 0.25) is 5.91 Å². The van der Waals surface area contributed by atoms with E-state index >= 15 is 0 Å². The summed E-state index contributed by atoms with van der Waals surface area (Å²) in [6, 6.07) is 0. The summed E-state index contributed by atoms with van der Waals surface area (Å²) < 4.78 is 4.70. The molecule has 80 valence electrons. The molecule has 0 saturated heterocycles. The van der Waals surface area contributed by atoms with Gasteiger partial charge in [0.15, 0.2) is 0 Å². The van der Waals surface area contributed by atoms with Crippen LogP contribution in [0, 0.1) is 11.8 Å². The molecule has 0 unspecified atom stereocenters. The summed E-state index contributed by atoms with van der Waals surface area (Å²) >= 11 is 0. The van der Waals surface area contributed by atoms with Gasteiger partial charge >= 0.3 is 6.09 Å². The standard InChI is InChI=1S/C9H16N2O3/c10-8(12)7-3-1-6(2-4-7)5-14-9(11)13/h6-7H,1-5H2,(H2,10,12)(H2,11,13). The zero-order valence-electron chi connectivity index (χ0n) is 8.07. The zero-order valence-corrected chi connectivity index (χ0v) is 8.07. The molecule has 4 N–H and O–H groups in total. The molecular formula is C9H16N2O3. The highest BCUT2D eigenvalue weighted by atomic mass is 16.5. The van der Waals surface area contributed by atoms with E-state index in [0.29, 0.717) is 12.5 Å². The lowest BCUT2D eigenvalue weighted by Gasteiger charge is -2.25. The van der Waals surface area contributed by atoms with E-state index in [1.165, 1.54) is 0 Å². The van der Waals surface area contributed by atoms with Crippen LogP contribution in [0.25, 0.3) is 0 Å². The Balaban J connectivity index is 2.22. The van der Waals surface area contributed by atoms with E-state index in [0.717, 1.165) is 25.7 Å². The lowest BCUT2D eigenvalue weighted by molar-refractivity contribution is -0.123. The van der Waals surface area contributed by atoms with Gasteiger partial charge in [0.1, 0.15) is 0 Å². The summed E-state index contributed by atoms with van der Waals surface area (Å²) in [4.78, 5) is 21.2. The highest BCUT2D eigenvalue weighted by Gasteiger charge is 2.25. The first-order valence-corrected chi connectivity index (χ1v) is 4.81. The number of hydrogen-bond acceptors (Lipinski definition) is 3. The molecule has 0 heterocycles. The summed E-state index contributed by atoms with van der Waals surface area (Å²) in [5.74, 6) is 0.109. The van der Waals surface area contributed by atoms with Crippen LogP contribution in [0.15, 0.2) is 0 Å². The van der Waals surface area contributed by atoms with Crippen molar-refractivity contribution in [1.82, 2.24) is 0 Å². The summed E-state index contributed by atoms with van der Waals surface area (Å²) in [6.07, 6.45) is 2.61. The Morgan fingerprint density at radius 2 is 1.71 bits per heavy atom. The van der Waals surface area contributed by atoms with Gasteiger partial charge in [-0.05, 0) is 31.6 Å². The molecule has 0 bridgehead atoms. The molecular weight excluding hydrogens is 184 g/mol. The molecule has 0 aliphatic heterocycles. The molecule has 0 spiro atoms. The van der Waals surface area contributed by atoms with Crippen molar-refractivity contribution in [1.29, 1.82) is 0 Å². The van der Waals surface area contributed by atoms with Gasteiger partial charge in [-0.1, -0.05) is 0 Å². The van der Waals surface area contributed by atoms with Crippen molar-refractivity contribution in [3.05, 3.63) is 0 Å². The fourth-order valence-corrected chi connectivity index (χ4v) is 1.81. The van der Waals surface area contributed by atoms with Gasteiger partial charge < -0.3 is 16.2 Å². The molecule has 1 aliphatic rings. The molecule has 14 heavy (non-hydrogen) atoms. The van der Waals surface area contributed by atoms with E-state index in [1.807, 2.05) is 0 Å². The zero-order chi connectivity index (χ0) is 10.6. The largest absolute Gasteiger partial charge is 0.449 e. The van der Waals surface area contributed by atoms with Crippen LogP contribution in [0.3, 0.4) is 0 Å². The van der Waals surface area contributed by atoms with Crippen molar-refractivity contribution in [3.63, 3.8) is 0 Å². The Labute approximate surface area is 82.8 Å². The Kier molecular flexibility index (Phi) is 3.73. The van der Waals surface area contributed by atoms with Gasteiger partial charge in [-0.15, -0.1) is 0 Å². The summed E-state index contributed by atoms with van der Waals surface area (Å²) in [7, 11) is 0. The third-order valence-corrected chi connectivity index (χ3v) is 2.71. The molecule has 0 aromatic carbocycles. The number of carbonyl (C=O) groups is 2. The Morgan fingerprint density at radius 1 is 1.14 bits per heavy atom. The minimum Gasteiger partial charge on any atom is -0.449 e. The van der Waals surface area contributed by atoms with E-state index in [4.69, 9.17) is 16.2 Å². The number of hydrogen-bond donors (Lipinski definition) is 2. The summed E-state index contributed by atoms with van der Waals surface area (Å²) in [5, 5.41) is 0. The van der Waals surface area contributed by atoms with Crippen molar-refractivity contribution in [2.45, 2.75) is 25.7 Å². The van der Waals surface area contributed by atoms with E-state index in [-0.39, 0.29) is 11.8 Å². The number of nitrogens with two attached hydrogens (primary N) is 2. The molecule has 5 heteroatoms. The third kappa shape index (κ3) is 3.24. The second-order valence-electron chi connectivity index (χ2n) is 3.75. The van der Waals surface area contributed by atoms with Crippen LogP contribution in [-0.4, -0.2) is 18.6 Å². The second kappa shape index (κ2) is 4.83. The van der Waals surface area contributed by atoms with Crippen molar-refractivity contribution in [3.8, 4) is 0 Å². The molecule has 5 nitrogen and oxygen atoms in total. The van der Waals surface area contributed by atoms with Crippen LogP contribution in [-0.2, 0) is 9.53 Å². The van der Waals surface area contributed by atoms with Crippen molar-refractivity contribution in [2.75, 3.05) is 6.61 Å². The summed E-state index contributed by atoms with van der Waals surface area (Å²) in [5.41, 5.74) is 10.0. The first-order valence-electron chi connectivity index (χ1n) is 4.81. The third-order valence-electron chi connectivity index (χ3n) is 2.71.